The molecule has 0 aliphatic rings. The zero-order valence-electron chi connectivity index (χ0n) is 19.9. The monoisotopic (exact) mass is 553 g/mol. The van der Waals surface area contributed by atoms with E-state index in [1.165, 1.54) is 19.3 Å². The Hall–Kier alpha value is -2.04. The fourth-order valence-corrected chi connectivity index (χ4v) is 3.18. The standard InChI is InChI=1S/C23H30Cl3NO8/c1-5-18(35-14-15-6-8-16(32-2)9-7-15)17(28)10-12-22(21(31)34-4,13-11-19(29)33-3)27-20(30)23(24,25)26/h6-10,12,17-18,28H,5,11,13-14H2,1-4H3,(H,27,30)/t17-,18-,22-/m0/s1. The van der Waals surface area contributed by atoms with Gasteiger partial charge in [-0.15, -0.1) is 0 Å². The van der Waals surface area contributed by atoms with Gasteiger partial charge < -0.3 is 29.4 Å². The van der Waals surface area contributed by atoms with Gasteiger partial charge in [0.2, 0.25) is 0 Å². The van der Waals surface area contributed by atoms with Gasteiger partial charge in [-0.05, 0) is 36.6 Å². The molecule has 196 valence electrons. The zero-order valence-corrected chi connectivity index (χ0v) is 22.2. The van der Waals surface area contributed by atoms with Crippen LogP contribution in [0.2, 0.25) is 0 Å². The molecule has 35 heavy (non-hydrogen) atoms. The fraction of sp³-hybridized carbons (Fsp3) is 0.522. The molecular weight excluding hydrogens is 525 g/mol. The van der Waals surface area contributed by atoms with E-state index in [0.717, 1.165) is 12.7 Å². The van der Waals surface area contributed by atoms with Gasteiger partial charge in [0, 0.05) is 6.42 Å². The van der Waals surface area contributed by atoms with Crippen LogP contribution >= 0.6 is 34.8 Å². The Morgan fingerprint density at radius 1 is 1.09 bits per heavy atom. The van der Waals surface area contributed by atoms with Crippen molar-refractivity contribution in [1.82, 2.24) is 5.32 Å². The first-order chi connectivity index (χ1) is 16.4. The minimum absolute atomic E-state index is 0.210. The second-order valence-electron chi connectivity index (χ2n) is 7.45. The maximum atomic E-state index is 12.7. The van der Waals surface area contributed by atoms with Crippen LogP contribution in [0.4, 0.5) is 0 Å². The molecule has 0 aromatic heterocycles. The van der Waals surface area contributed by atoms with Crippen molar-refractivity contribution in [2.75, 3.05) is 21.3 Å². The van der Waals surface area contributed by atoms with Gasteiger partial charge >= 0.3 is 11.9 Å². The number of nitrogens with one attached hydrogen (secondary N) is 1. The smallest absolute Gasteiger partial charge is 0.335 e. The van der Waals surface area contributed by atoms with Crippen molar-refractivity contribution in [3.63, 3.8) is 0 Å². The van der Waals surface area contributed by atoms with E-state index in [1.807, 2.05) is 19.1 Å². The molecule has 3 atom stereocenters. The van der Waals surface area contributed by atoms with Crippen molar-refractivity contribution in [2.24, 2.45) is 0 Å². The van der Waals surface area contributed by atoms with E-state index in [2.05, 4.69) is 10.1 Å². The highest BCUT2D eigenvalue weighted by atomic mass is 35.6. The summed E-state index contributed by atoms with van der Waals surface area (Å²) in [5.41, 5.74) is -1.07. The first kappa shape index (κ1) is 31.0. The molecule has 0 saturated heterocycles. The topological polar surface area (TPSA) is 120 Å². The maximum absolute atomic E-state index is 12.7. The highest BCUT2D eigenvalue weighted by Crippen LogP contribution is 2.29. The van der Waals surface area contributed by atoms with E-state index in [1.54, 1.807) is 19.2 Å². The Labute approximate surface area is 219 Å². The molecule has 0 aliphatic carbocycles. The SMILES string of the molecule is CC[C@H](OCc1ccc(OC)cc1)[C@@H](O)C=C[C@@](CCC(=O)OC)(NC(=O)C(Cl)(Cl)Cl)C(=O)OC. The predicted octanol–water partition coefficient (Wildman–Crippen LogP) is 3.26. The van der Waals surface area contributed by atoms with Crippen LogP contribution in [0.5, 0.6) is 5.75 Å². The van der Waals surface area contributed by atoms with Gasteiger partial charge in [-0.3, -0.25) is 9.59 Å². The molecule has 0 bridgehead atoms. The number of ether oxygens (including phenoxy) is 4. The molecule has 0 aliphatic heterocycles. The van der Waals surface area contributed by atoms with E-state index in [-0.39, 0.29) is 19.4 Å². The number of hydrogen-bond acceptors (Lipinski definition) is 8. The third-order valence-corrected chi connectivity index (χ3v) is 5.59. The van der Waals surface area contributed by atoms with Crippen LogP contribution in [0.15, 0.2) is 36.4 Å². The minimum Gasteiger partial charge on any atom is -0.497 e. The number of carbonyl (C=O) groups excluding carboxylic acids is 3. The van der Waals surface area contributed by atoms with Crippen LogP contribution in [-0.2, 0) is 35.2 Å². The number of aliphatic hydroxyl groups excluding tert-OH is 1. The van der Waals surface area contributed by atoms with Crippen molar-refractivity contribution < 1.29 is 38.4 Å². The van der Waals surface area contributed by atoms with Gasteiger partial charge in [-0.2, -0.15) is 0 Å². The summed E-state index contributed by atoms with van der Waals surface area (Å²) >= 11 is 17.0. The van der Waals surface area contributed by atoms with E-state index in [4.69, 9.17) is 49.0 Å². The number of amides is 1. The van der Waals surface area contributed by atoms with Crippen molar-refractivity contribution >= 4 is 52.6 Å². The van der Waals surface area contributed by atoms with Crippen molar-refractivity contribution in [3.05, 3.63) is 42.0 Å². The number of benzene rings is 1. The van der Waals surface area contributed by atoms with Crippen molar-refractivity contribution in [1.29, 1.82) is 0 Å². The number of carbonyl (C=O) groups is 3. The number of methoxy groups -OCH3 is 3. The number of aliphatic hydroxyl groups is 1. The average Bonchev–Trinajstić information content (AvgIpc) is 2.84. The largest absolute Gasteiger partial charge is 0.497 e. The molecule has 12 heteroatoms. The lowest BCUT2D eigenvalue weighted by atomic mass is 9.91. The summed E-state index contributed by atoms with van der Waals surface area (Å²) in [4.78, 5) is 36.9. The molecule has 1 aromatic rings. The molecule has 0 spiro atoms. The lowest BCUT2D eigenvalue weighted by Gasteiger charge is -2.31. The second kappa shape index (κ2) is 14.5. The zero-order chi connectivity index (χ0) is 26.6. The first-order valence-corrected chi connectivity index (χ1v) is 11.7. The highest BCUT2D eigenvalue weighted by Gasteiger charge is 2.44. The van der Waals surface area contributed by atoms with Crippen LogP contribution < -0.4 is 10.1 Å². The molecule has 0 heterocycles. The Morgan fingerprint density at radius 3 is 2.20 bits per heavy atom. The van der Waals surface area contributed by atoms with Gasteiger partial charge in [-0.1, -0.05) is 59.9 Å². The van der Waals surface area contributed by atoms with Crippen molar-refractivity contribution in [3.8, 4) is 5.75 Å². The summed E-state index contributed by atoms with van der Waals surface area (Å²) in [6.07, 6.45) is 0.464. The van der Waals surface area contributed by atoms with Gasteiger partial charge in [0.05, 0.1) is 40.1 Å². The molecule has 1 amide bonds. The number of rotatable bonds is 13. The summed E-state index contributed by atoms with van der Waals surface area (Å²) in [6.45, 7) is 2.02. The number of halogens is 3. The number of esters is 2. The molecule has 0 unspecified atom stereocenters. The number of hydrogen-bond donors (Lipinski definition) is 2. The Morgan fingerprint density at radius 2 is 1.71 bits per heavy atom. The van der Waals surface area contributed by atoms with E-state index >= 15 is 0 Å². The third-order valence-electron chi connectivity index (χ3n) is 5.08. The molecule has 2 N–H and O–H groups in total. The lowest BCUT2D eigenvalue weighted by Crippen LogP contribution is -2.56. The normalized spacial score (nSPS) is 15.1. The van der Waals surface area contributed by atoms with Crippen molar-refractivity contribution in [2.45, 2.75) is 54.3 Å². The van der Waals surface area contributed by atoms with Gasteiger partial charge in [0.15, 0.2) is 5.54 Å². The van der Waals surface area contributed by atoms with Gasteiger partial charge in [-0.25, -0.2) is 4.79 Å². The quantitative estimate of drug-likeness (QED) is 0.217. The first-order valence-electron chi connectivity index (χ1n) is 10.6. The summed E-state index contributed by atoms with van der Waals surface area (Å²) < 4.78 is 18.0. The number of alkyl halides is 3. The molecular formula is C23H30Cl3NO8. The average molecular weight is 555 g/mol. The second-order valence-corrected chi connectivity index (χ2v) is 9.73. The molecule has 1 rings (SSSR count). The minimum atomic E-state index is -2.40. The van der Waals surface area contributed by atoms with Crippen LogP contribution in [0.1, 0.15) is 31.7 Å². The molecule has 0 fully saturated rings. The molecule has 9 nitrogen and oxygen atoms in total. The highest BCUT2D eigenvalue weighted by molar-refractivity contribution is 6.76. The summed E-state index contributed by atoms with van der Waals surface area (Å²) in [7, 11) is 3.83. The lowest BCUT2D eigenvalue weighted by molar-refractivity contribution is -0.150. The van der Waals surface area contributed by atoms with E-state index < -0.39 is 39.4 Å². The van der Waals surface area contributed by atoms with E-state index in [0.29, 0.717) is 12.2 Å². The maximum Gasteiger partial charge on any atom is 0.335 e. The van der Waals surface area contributed by atoms with Gasteiger partial charge in [0.25, 0.3) is 9.70 Å². The summed E-state index contributed by atoms with van der Waals surface area (Å²) in [5, 5.41) is 13.1. The molecule has 1 aromatic carbocycles. The molecule has 0 saturated carbocycles. The van der Waals surface area contributed by atoms with Crippen LogP contribution in [0.25, 0.3) is 0 Å². The predicted molar refractivity (Wildman–Crippen MR) is 131 cm³/mol. The van der Waals surface area contributed by atoms with Crippen LogP contribution in [-0.4, -0.2) is 65.8 Å². The Bertz CT molecular complexity index is 873. The third kappa shape index (κ3) is 9.85. The van der Waals surface area contributed by atoms with Gasteiger partial charge in [0.1, 0.15) is 5.75 Å². The fourth-order valence-electron chi connectivity index (χ4n) is 3.04. The summed E-state index contributed by atoms with van der Waals surface area (Å²) in [6, 6.07) is 7.23. The Balaban J connectivity index is 3.13. The van der Waals surface area contributed by atoms with Crippen LogP contribution in [0, 0.1) is 0 Å². The molecule has 0 radical (unpaired) electrons. The Kier molecular flexibility index (Phi) is 12.8. The van der Waals surface area contributed by atoms with E-state index in [9.17, 15) is 19.5 Å². The van der Waals surface area contributed by atoms with Crippen LogP contribution in [0.3, 0.4) is 0 Å². The summed E-state index contributed by atoms with van der Waals surface area (Å²) in [5.74, 6) is -2.02.